The fourth-order valence-corrected chi connectivity index (χ4v) is 2.74. The molecule has 4 nitrogen and oxygen atoms in total. The van der Waals surface area contributed by atoms with Gasteiger partial charge in [-0.25, -0.2) is 4.98 Å². The molecule has 0 saturated carbocycles. The van der Waals surface area contributed by atoms with Gasteiger partial charge < -0.3 is 10.2 Å². The maximum atomic E-state index is 8.80. The van der Waals surface area contributed by atoms with Gasteiger partial charge in [-0.15, -0.1) is 0 Å². The van der Waals surface area contributed by atoms with Crippen LogP contribution in [0, 0.1) is 11.3 Å². The van der Waals surface area contributed by atoms with E-state index in [1.165, 1.54) is 17.0 Å². The predicted molar refractivity (Wildman–Crippen MR) is 84.7 cm³/mol. The second-order valence-electron chi connectivity index (χ2n) is 4.29. The summed E-state index contributed by atoms with van der Waals surface area (Å²) in [6, 6.07) is 12.3. The Labute approximate surface area is 127 Å². The third kappa shape index (κ3) is 3.86. The monoisotopic (exact) mass is 306 g/mol. The lowest BCUT2D eigenvalue weighted by atomic mass is 10.3. The highest BCUT2D eigenvalue weighted by molar-refractivity contribution is 7.16. The summed E-state index contributed by atoms with van der Waals surface area (Å²) in [5.41, 5.74) is 1.21. The van der Waals surface area contributed by atoms with Gasteiger partial charge in [0.2, 0.25) is 0 Å². The quantitative estimate of drug-likeness (QED) is 0.828. The zero-order valence-electron chi connectivity index (χ0n) is 11.1. The summed E-state index contributed by atoms with van der Waals surface area (Å²) in [5, 5.41) is 13.0. The highest BCUT2D eigenvalue weighted by Crippen LogP contribution is 2.25. The molecule has 0 unspecified atom stereocenters. The van der Waals surface area contributed by atoms with Crippen molar-refractivity contribution in [2.75, 3.05) is 30.4 Å². The molecule has 0 radical (unpaired) electrons. The summed E-state index contributed by atoms with van der Waals surface area (Å²) in [4.78, 5) is 6.75. The summed E-state index contributed by atoms with van der Waals surface area (Å²) in [6.07, 6.45) is 0.977. The lowest BCUT2D eigenvalue weighted by Gasteiger charge is -2.19. The van der Waals surface area contributed by atoms with Gasteiger partial charge in [-0.1, -0.05) is 41.1 Å². The third-order valence-electron chi connectivity index (χ3n) is 2.83. The number of hydrogen-bond donors (Lipinski definition) is 1. The Morgan fingerprint density at radius 1 is 1.40 bits per heavy atom. The van der Waals surface area contributed by atoms with Crippen molar-refractivity contribution >= 4 is 33.8 Å². The van der Waals surface area contributed by atoms with Crippen molar-refractivity contribution in [3.05, 3.63) is 40.4 Å². The Morgan fingerprint density at radius 2 is 2.15 bits per heavy atom. The van der Waals surface area contributed by atoms with Crippen molar-refractivity contribution in [2.45, 2.75) is 6.42 Å². The summed E-state index contributed by atoms with van der Waals surface area (Å²) in [6.45, 7) is 1.74. The topological polar surface area (TPSA) is 52.0 Å². The molecule has 0 aliphatic heterocycles. The minimum absolute atomic E-state index is 0.279. The van der Waals surface area contributed by atoms with Crippen molar-refractivity contribution in [3.63, 3.8) is 0 Å². The minimum atomic E-state index is 0.279. The molecule has 0 atom stereocenters. The molecule has 1 N–H and O–H groups in total. The van der Waals surface area contributed by atoms with Crippen molar-refractivity contribution in [3.8, 4) is 6.07 Å². The van der Waals surface area contributed by atoms with Crippen LogP contribution in [0.4, 0.5) is 10.8 Å². The Kier molecular flexibility index (Phi) is 5.22. The molecule has 0 spiro atoms. The van der Waals surface area contributed by atoms with E-state index in [1.54, 1.807) is 0 Å². The molecule has 0 bridgehead atoms. The first-order valence-electron chi connectivity index (χ1n) is 6.27. The fraction of sp³-hybridized carbons (Fsp3) is 0.286. The maximum Gasteiger partial charge on any atom is 0.185 e. The van der Waals surface area contributed by atoms with Gasteiger partial charge in [0.25, 0.3) is 0 Å². The Hall–Kier alpha value is -1.77. The Balaban J connectivity index is 1.75. The van der Waals surface area contributed by atoms with Crippen LogP contribution in [0.5, 0.6) is 0 Å². The van der Waals surface area contributed by atoms with E-state index in [-0.39, 0.29) is 5.15 Å². The summed E-state index contributed by atoms with van der Waals surface area (Å²) >= 11 is 7.10. The lowest BCUT2D eigenvalue weighted by molar-refractivity contribution is 0.816. The van der Waals surface area contributed by atoms with E-state index in [1.807, 2.05) is 24.3 Å². The predicted octanol–water partition coefficient (Wildman–Crippen LogP) is 3.61. The van der Waals surface area contributed by atoms with Crippen LogP contribution in [0.3, 0.4) is 0 Å². The van der Waals surface area contributed by atoms with Gasteiger partial charge in [-0.2, -0.15) is 5.26 Å². The first-order chi connectivity index (χ1) is 9.70. The largest absolute Gasteiger partial charge is 0.375 e. The van der Waals surface area contributed by atoms with E-state index >= 15 is 0 Å². The SMILES string of the molecule is CN(CCCNc1nc(Cl)c(C#N)s1)c1ccccc1. The Morgan fingerprint density at radius 3 is 2.80 bits per heavy atom. The highest BCUT2D eigenvalue weighted by atomic mass is 35.5. The zero-order chi connectivity index (χ0) is 14.4. The molecule has 0 fully saturated rings. The van der Waals surface area contributed by atoms with Crippen molar-refractivity contribution in [1.29, 1.82) is 5.26 Å². The van der Waals surface area contributed by atoms with Crippen LogP contribution in [-0.4, -0.2) is 25.1 Å². The van der Waals surface area contributed by atoms with Crippen LogP contribution in [-0.2, 0) is 0 Å². The number of halogens is 1. The summed E-state index contributed by atoms with van der Waals surface area (Å²) < 4.78 is 0. The summed E-state index contributed by atoms with van der Waals surface area (Å²) in [7, 11) is 2.07. The summed E-state index contributed by atoms with van der Waals surface area (Å²) in [5.74, 6) is 0. The normalized spacial score (nSPS) is 10.1. The van der Waals surface area contributed by atoms with Crippen LogP contribution in [0.1, 0.15) is 11.3 Å². The van der Waals surface area contributed by atoms with Gasteiger partial charge in [0, 0.05) is 25.8 Å². The van der Waals surface area contributed by atoms with Gasteiger partial charge in [-0.05, 0) is 18.6 Å². The van der Waals surface area contributed by atoms with E-state index in [0.717, 1.165) is 19.5 Å². The zero-order valence-corrected chi connectivity index (χ0v) is 12.7. The van der Waals surface area contributed by atoms with Crippen LogP contribution in [0.2, 0.25) is 5.15 Å². The number of thiazole rings is 1. The van der Waals surface area contributed by atoms with E-state index in [2.05, 4.69) is 34.4 Å². The van der Waals surface area contributed by atoms with Crippen LogP contribution in [0.25, 0.3) is 0 Å². The first-order valence-corrected chi connectivity index (χ1v) is 7.46. The van der Waals surface area contributed by atoms with Gasteiger partial charge in [-0.3, -0.25) is 0 Å². The van der Waals surface area contributed by atoms with Crippen molar-refractivity contribution in [1.82, 2.24) is 4.98 Å². The number of nitrogens with one attached hydrogen (secondary N) is 1. The van der Waals surface area contributed by atoms with Crippen LogP contribution < -0.4 is 10.2 Å². The van der Waals surface area contributed by atoms with E-state index in [0.29, 0.717) is 10.0 Å². The van der Waals surface area contributed by atoms with Crippen LogP contribution >= 0.6 is 22.9 Å². The number of rotatable bonds is 6. The number of nitriles is 1. The molecule has 20 heavy (non-hydrogen) atoms. The molecule has 2 aromatic rings. The number of benzene rings is 1. The van der Waals surface area contributed by atoms with Gasteiger partial charge in [0.1, 0.15) is 10.9 Å². The smallest absolute Gasteiger partial charge is 0.185 e. The first kappa shape index (κ1) is 14.6. The van der Waals surface area contributed by atoms with Gasteiger partial charge >= 0.3 is 0 Å². The number of anilines is 2. The molecule has 1 aromatic carbocycles. The number of hydrogen-bond acceptors (Lipinski definition) is 5. The molecular formula is C14H15ClN4S. The standard InChI is InChI=1S/C14H15ClN4S/c1-19(11-6-3-2-4-7-11)9-5-8-17-14-18-13(15)12(10-16)20-14/h2-4,6-7H,5,8-9H2,1H3,(H,17,18). The fourth-order valence-electron chi connectivity index (χ4n) is 1.77. The van der Waals surface area contributed by atoms with E-state index < -0.39 is 0 Å². The molecule has 0 aliphatic carbocycles. The van der Waals surface area contributed by atoms with Crippen molar-refractivity contribution < 1.29 is 0 Å². The number of aromatic nitrogens is 1. The van der Waals surface area contributed by atoms with Gasteiger partial charge in [0.15, 0.2) is 10.3 Å². The number of nitrogens with zero attached hydrogens (tertiary/aromatic N) is 3. The number of para-hydroxylation sites is 1. The average Bonchev–Trinajstić information content (AvgIpc) is 2.84. The maximum absolute atomic E-state index is 8.80. The van der Waals surface area contributed by atoms with Crippen LogP contribution in [0.15, 0.2) is 30.3 Å². The molecule has 6 heteroatoms. The molecule has 0 aliphatic rings. The minimum Gasteiger partial charge on any atom is -0.375 e. The highest BCUT2D eigenvalue weighted by Gasteiger charge is 2.07. The molecule has 0 saturated heterocycles. The van der Waals surface area contributed by atoms with E-state index in [4.69, 9.17) is 16.9 Å². The molecule has 0 amide bonds. The van der Waals surface area contributed by atoms with E-state index in [9.17, 15) is 0 Å². The van der Waals surface area contributed by atoms with Crippen molar-refractivity contribution in [2.24, 2.45) is 0 Å². The molecule has 1 aromatic heterocycles. The molecule has 2 rings (SSSR count). The molecular weight excluding hydrogens is 292 g/mol. The second kappa shape index (κ2) is 7.13. The average molecular weight is 307 g/mol. The second-order valence-corrected chi connectivity index (χ2v) is 5.65. The molecule has 1 heterocycles. The lowest BCUT2D eigenvalue weighted by Crippen LogP contribution is -2.20. The Bertz CT molecular complexity index is 591. The third-order valence-corrected chi connectivity index (χ3v) is 4.13. The molecule has 104 valence electrons. The van der Waals surface area contributed by atoms with Gasteiger partial charge in [0.05, 0.1) is 0 Å².